The molecule has 0 aliphatic heterocycles. The molecule has 0 radical (unpaired) electrons. The third kappa shape index (κ3) is 1.67. The zero-order chi connectivity index (χ0) is 8.27. The summed E-state index contributed by atoms with van der Waals surface area (Å²) in [5, 5.41) is 1.88. The number of carbonyl (C=O) groups excluding carboxylic acids is 1. The average molecular weight is 164 g/mol. The van der Waals surface area contributed by atoms with Crippen molar-refractivity contribution in [3.63, 3.8) is 0 Å². The fourth-order valence-electron chi connectivity index (χ4n) is 0.673. The molecule has 1 heterocycles. The molecule has 0 aromatic carbocycles. The van der Waals surface area contributed by atoms with E-state index in [2.05, 4.69) is 12.3 Å². The number of hydrogen-bond donors (Lipinski definition) is 0. The number of ketones is 1. The molecule has 1 aromatic heterocycles. The molecule has 0 N–H and O–H groups in total. The molecule has 1 aromatic rings. The number of rotatable bonds is 2. The summed E-state index contributed by atoms with van der Waals surface area (Å²) in [5.41, 5.74) is 3.15. The number of allylic oxidation sites excluding steroid dienone is 1. The van der Waals surface area contributed by atoms with Crippen molar-refractivity contribution in [1.82, 2.24) is 0 Å². The van der Waals surface area contributed by atoms with Gasteiger partial charge in [0.25, 0.3) is 0 Å². The average Bonchev–Trinajstić information content (AvgIpc) is 2.53. The second kappa shape index (κ2) is 3.33. The SMILES string of the molecule is C=C=C(C)C(=O)c1cccs1. The van der Waals surface area contributed by atoms with Crippen molar-refractivity contribution in [3.05, 3.63) is 40.3 Å². The maximum Gasteiger partial charge on any atom is 0.206 e. The molecule has 1 rings (SSSR count). The molecule has 56 valence electrons. The monoisotopic (exact) mass is 164 g/mol. The molecule has 0 aliphatic carbocycles. The number of Topliss-reactive ketones (excluding diaryl/α,β-unsaturated/α-hetero) is 1. The lowest BCUT2D eigenvalue weighted by atomic mass is 10.2. The minimum atomic E-state index is 0.0231. The van der Waals surface area contributed by atoms with Crippen LogP contribution in [0.5, 0.6) is 0 Å². The van der Waals surface area contributed by atoms with E-state index in [9.17, 15) is 4.79 Å². The Kier molecular flexibility index (Phi) is 2.42. The van der Waals surface area contributed by atoms with Crippen molar-refractivity contribution < 1.29 is 4.79 Å². The van der Waals surface area contributed by atoms with E-state index in [4.69, 9.17) is 0 Å². The first kappa shape index (κ1) is 7.99. The second-order valence-electron chi connectivity index (χ2n) is 2.11. The molecular weight excluding hydrogens is 156 g/mol. The summed E-state index contributed by atoms with van der Waals surface area (Å²) < 4.78 is 0. The molecule has 0 fully saturated rings. The van der Waals surface area contributed by atoms with Gasteiger partial charge in [-0.25, -0.2) is 0 Å². The summed E-state index contributed by atoms with van der Waals surface area (Å²) in [6, 6.07) is 3.65. The Labute approximate surface area is 69.7 Å². The Bertz CT molecular complexity index is 302. The number of hydrogen-bond acceptors (Lipinski definition) is 2. The molecule has 0 amide bonds. The lowest BCUT2D eigenvalue weighted by Crippen LogP contribution is -1.95. The Hall–Kier alpha value is -1.11. The Morgan fingerprint density at radius 3 is 2.91 bits per heavy atom. The van der Waals surface area contributed by atoms with E-state index in [-0.39, 0.29) is 5.78 Å². The molecule has 11 heavy (non-hydrogen) atoms. The molecule has 0 saturated heterocycles. The molecule has 0 saturated carbocycles. The lowest BCUT2D eigenvalue weighted by Gasteiger charge is -1.91. The van der Waals surface area contributed by atoms with Crippen LogP contribution in [0, 0.1) is 0 Å². The van der Waals surface area contributed by atoms with Crippen LogP contribution in [0.15, 0.2) is 35.4 Å². The first-order valence-electron chi connectivity index (χ1n) is 3.20. The second-order valence-corrected chi connectivity index (χ2v) is 3.06. The maximum atomic E-state index is 11.3. The molecule has 0 unspecified atom stereocenters. The van der Waals surface area contributed by atoms with E-state index in [1.54, 1.807) is 13.0 Å². The van der Waals surface area contributed by atoms with Gasteiger partial charge in [0.05, 0.1) is 4.88 Å². The Balaban J connectivity index is 2.96. The zero-order valence-electron chi connectivity index (χ0n) is 6.26. The fourth-order valence-corrected chi connectivity index (χ4v) is 1.39. The summed E-state index contributed by atoms with van der Waals surface area (Å²) in [4.78, 5) is 12.1. The van der Waals surface area contributed by atoms with Gasteiger partial charge in [-0.2, -0.15) is 0 Å². The molecule has 1 nitrogen and oxygen atoms in total. The van der Waals surface area contributed by atoms with Gasteiger partial charge in [-0.15, -0.1) is 17.1 Å². The van der Waals surface area contributed by atoms with Crippen LogP contribution in [0.1, 0.15) is 16.6 Å². The van der Waals surface area contributed by atoms with E-state index in [0.29, 0.717) is 5.57 Å². The van der Waals surface area contributed by atoms with Gasteiger partial charge in [0, 0.05) is 5.57 Å². The van der Waals surface area contributed by atoms with Crippen LogP contribution in [0.2, 0.25) is 0 Å². The third-order valence-corrected chi connectivity index (χ3v) is 2.22. The Morgan fingerprint density at radius 2 is 2.45 bits per heavy atom. The topological polar surface area (TPSA) is 17.1 Å². The smallest absolute Gasteiger partial charge is 0.206 e. The minimum absolute atomic E-state index is 0.0231. The van der Waals surface area contributed by atoms with Crippen LogP contribution in [0.3, 0.4) is 0 Å². The van der Waals surface area contributed by atoms with E-state index >= 15 is 0 Å². The highest BCUT2D eigenvalue weighted by molar-refractivity contribution is 7.12. The van der Waals surface area contributed by atoms with E-state index in [1.165, 1.54) is 11.3 Å². The van der Waals surface area contributed by atoms with Gasteiger partial charge in [-0.3, -0.25) is 4.79 Å². The van der Waals surface area contributed by atoms with Gasteiger partial charge in [0.15, 0.2) is 0 Å². The molecule has 0 aliphatic rings. The van der Waals surface area contributed by atoms with Crippen LogP contribution in [0.25, 0.3) is 0 Å². The van der Waals surface area contributed by atoms with Crippen molar-refractivity contribution in [3.8, 4) is 0 Å². The van der Waals surface area contributed by atoms with Crippen molar-refractivity contribution in [2.24, 2.45) is 0 Å². The minimum Gasteiger partial charge on any atom is -0.287 e. The van der Waals surface area contributed by atoms with Crippen LogP contribution in [0.4, 0.5) is 0 Å². The van der Waals surface area contributed by atoms with Gasteiger partial charge in [-0.05, 0) is 18.4 Å². The Morgan fingerprint density at radius 1 is 1.73 bits per heavy atom. The largest absolute Gasteiger partial charge is 0.287 e. The maximum absolute atomic E-state index is 11.3. The fraction of sp³-hybridized carbons (Fsp3) is 0.111. The molecule has 0 spiro atoms. The van der Waals surface area contributed by atoms with Gasteiger partial charge < -0.3 is 0 Å². The summed E-state index contributed by atoms with van der Waals surface area (Å²) in [7, 11) is 0. The van der Waals surface area contributed by atoms with E-state index < -0.39 is 0 Å². The molecular formula is C9H8OS. The highest BCUT2D eigenvalue weighted by Crippen LogP contribution is 2.12. The summed E-state index contributed by atoms with van der Waals surface area (Å²) >= 11 is 1.44. The third-order valence-electron chi connectivity index (χ3n) is 1.35. The predicted molar refractivity (Wildman–Crippen MR) is 47.0 cm³/mol. The van der Waals surface area contributed by atoms with Crippen molar-refractivity contribution in [2.45, 2.75) is 6.92 Å². The quantitative estimate of drug-likeness (QED) is 0.373. The first-order valence-corrected chi connectivity index (χ1v) is 4.08. The first-order chi connectivity index (χ1) is 5.25. The molecule has 0 bridgehead atoms. The van der Waals surface area contributed by atoms with Crippen LogP contribution < -0.4 is 0 Å². The summed E-state index contributed by atoms with van der Waals surface area (Å²) in [6.07, 6.45) is 0. The lowest BCUT2D eigenvalue weighted by molar-refractivity contribution is 0.103. The van der Waals surface area contributed by atoms with E-state index in [0.717, 1.165) is 4.88 Å². The molecule has 0 atom stereocenters. The van der Waals surface area contributed by atoms with Crippen molar-refractivity contribution in [2.75, 3.05) is 0 Å². The van der Waals surface area contributed by atoms with Crippen molar-refractivity contribution >= 4 is 17.1 Å². The number of thiophene rings is 1. The van der Waals surface area contributed by atoms with Crippen molar-refractivity contribution in [1.29, 1.82) is 0 Å². The van der Waals surface area contributed by atoms with Gasteiger partial charge in [0.2, 0.25) is 5.78 Å². The van der Waals surface area contributed by atoms with Gasteiger partial charge in [0.1, 0.15) is 0 Å². The predicted octanol–water partition coefficient (Wildman–Crippen LogP) is 2.66. The van der Waals surface area contributed by atoms with E-state index in [1.807, 2.05) is 11.4 Å². The highest BCUT2D eigenvalue weighted by atomic mass is 32.1. The van der Waals surface area contributed by atoms with Crippen LogP contribution in [-0.4, -0.2) is 5.78 Å². The zero-order valence-corrected chi connectivity index (χ0v) is 7.07. The standard InChI is InChI=1S/C9H8OS/c1-3-7(2)9(10)8-5-4-6-11-8/h4-6H,1H2,2H3. The summed E-state index contributed by atoms with van der Waals surface area (Å²) in [6.45, 7) is 5.13. The highest BCUT2D eigenvalue weighted by Gasteiger charge is 2.06. The van der Waals surface area contributed by atoms with Gasteiger partial charge >= 0.3 is 0 Å². The number of carbonyl (C=O) groups is 1. The van der Waals surface area contributed by atoms with Crippen LogP contribution >= 0.6 is 11.3 Å². The normalized spacial score (nSPS) is 8.82. The summed E-state index contributed by atoms with van der Waals surface area (Å²) in [5.74, 6) is 0.0231. The van der Waals surface area contributed by atoms with Crippen LogP contribution in [-0.2, 0) is 0 Å². The molecule has 2 heteroatoms. The van der Waals surface area contributed by atoms with Gasteiger partial charge in [-0.1, -0.05) is 12.6 Å².